The monoisotopic (exact) mass is 101 g/mol. The fourth-order valence-electron chi connectivity index (χ4n) is 0.279. The van der Waals surface area contributed by atoms with E-state index in [1.54, 1.807) is 0 Å². The van der Waals surface area contributed by atoms with Gasteiger partial charge >= 0.3 is 0 Å². The molecule has 0 unspecified atom stereocenters. The minimum Gasteiger partial charge on any atom is -0.0897 e. The second-order valence-electron chi connectivity index (χ2n) is 1.29. The summed E-state index contributed by atoms with van der Waals surface area (Å²) in [5, 5.41) is 0. The lowest BCUT2D eigenvalue weighted by atomic mass is 10.3. The molecule has 0 aliphatic carbocycles. The Morgan fingerprint density at radius 3 is 2.33 bits per heavy atom. The molecular formula is C5H9S. The molecule has 0 atom stereocenters. The van der Waals surface area contributed by atoms with Crippen LogP contribution >= 0.6 is 12.2 Å². The molecule has 6 heavy (non-hydrogen) atoms. The summed E-state index contributed by atoms with van der Waals surface area (Å²) in [5.74, 6) is 0. The van der Waals surface area contributed by atoms with Crippen LogP contribution in [0.5, 0.6) is 0 Å². The number of rotatable bonds is 2. The van der Waals surface area contributed by atoms with Gasteiger partial charge in [0.15, 0.2) is 0 Å². The van der Waals surface area contributed by atoms with Crippen LogP contribution in [0.25, 0.3) is 0 Å². The summed E-state index contributed by atoms with van der Waals surface area (Å²) in [5.41, 5.74) is 0. The molecule has 0 rings (SSSR count). The molecule has 0 aromatic rings. The van der Waals surface area contributed by atoms with E-state index in [1.165, 1.54) is 0 Å². The van der Waals surface area contributed by atoms with Crippen LogP contribution in [-0.2, 0) is 0 Å². The molecule has 0 bridgehead atoms. The highest BCUT2D eigenvalue weighted by atomic mass is 32.1. The van der Waals surface area contributed by atoms with Gasteiger partial charge in [-0.3, -0.25) is 0 Å². The molecule has 1 radical (unpaired) electrons. The Morgan fingerprint density at radius 2 is 2.33 bits per heavy atom. The second-order valence-corrected chi connectivity index (χ2v) is 1.87. The van der Waals surface area contributed by atoms with Crippen molar-refractivity contribution >= 4 is 17.1 Å². The zero-order valence-corrected chi connectivity index (χ0v) is 4.85. The van der Waals surface area contributed by atoms with Crippen molar-refractivity contribution in [2.24, 2.45) is 0 Å². The maximum atomic E-state index is 4.68. The number of hydrogen-bond acceptors (Lipinski definition) is 1. The minimum absolute atomic E-state index is 0.873. The standard InChI is InChI=1S/C5H9S/c1-3-4-5(2)6/h2-4H2,1H3. The van der Waals surface area contributed by atoms with Crippen LogP contribution in [0.3, 0.4) is 0 Å². The summed E-state index contributed by atoms with van der Waals surface area (Å²) in [6.45, 7) is 5.65. The first-order valence-corrected chi connectivity index (χ1v) is 2.53. The zero-order chi connectivity index (χ0) is 4.99. The molecule has 0 saturated heterocycles. The summed E-state index contributed by atoms with van der Waals surface area (Å²) in [4.78, 5) is 0.873. The van der Waals surface area contributed by atoms with E-state index in [9.17, 15) is 0 Å². The highest BCUT2D eigenvalue weighted by Gasteiger charge is 1.79. The zero-order valence-electron chi connectivity index (χ0n) is 4.03. The van der Waals surface area contributed by atoms with Gasteiger partial charge < -0.3 is 0 Å². The Kier molecular flexibility index (Phi) is 3.34. The van der Waals surface area contributed by atoms with E-state index in [-0.39, 0.29) is 0 Å². The van der Waals surface area contributed by atoms with Crippen molar-refractivity contribution in [2.75, 3.05) is 0 Å². The van der Waals surface area contributed by atoms with Gasteiger partial charge in [0.2, 0.25) is 0 Å². The molecule has 0 saturated carbocycles. The Morgan fingerprint density at radius 1 is 1.83 bits per heavy atom. The van der Waals surface area contributed by atoms with E-state index in [0.29, 0.717) is 0 Å². The third kappa shape index (κ3) is 4.09. The number of hydrogen-bond donors (Lipinski definition) is 0. The van der Waals surface area contributed by atoms with Crippen molar-refractivity contribution in [3.63, 3.8) is 0 Å². The van der Waals surface area contributed by atoms with Gasteiger partial charge in [0.25, 0.3) is 0 Å². The van der Waals surface area contributed by atoms with E-state index in [0.717, 1.165) is 17.7 Å². The largest absolute Gasteiger partial charge is 0.0897 e. The van der Waals surface area contributed by atoms with Gasteiger partial charge in [0, 0.05) is 0 Å². The summed E-state index contributed by atoms with van der Waals surface area (Å²) in [6.07, 6.45) is 2.12. The van der Waals surface area contributed by atoms with Gasteiger partial charge in [-0.25, -0.2) is 0 Å². The van der Waals surface area contributed by atoms with Crippen molar-refractivity contribution in [2.45, 2.75) is 19.8 Å². The summed E-state index contributed by atoms with van der Waals surface area (Å²) < 4.78 is 0. The van der Waals surface area contributed by atoms with Crippen molar-refractivity contribution in [3.8, 4) is 0 Å². The van der Waals surface area contributed by atoms with Crippen molar-refractivity contribution in [1.29, 1.82) is 0 Å². The molecule has 0 amide bonds. The molecule has 0 aliphatic heterocycles. The Balaban J connectivity index is 2.83. The van der Waals surface area contributed by atoms with Gasteiger partial charge in [-0.15, -0.1) is 0 Å². The van der Waals surface area contributed by atoms with Crippen LogP contribution in [0.2, 0.25) is 0 Å². The van der Waals surface area contributed by atoms with Crippen LogP contribution in [0.1, 0.15) is 19.8 Å². The van der Waals surface area contributed by atoms with E-state index < -0.39 is 0 Å². The predicted molar refractivity (Wildman–Crippen MR) is 32.9 cm³/mol. The summed E-state index contributed by atoms with van der Waals surface area (Å²) in [6, 6.07) is 0. The van der Waals surface area contributed by atoms with Gasteiger partial charge in [0.05, 0.1) is 0 Å². The van der Waals surface area contributed by atoms with Gasteiger partial charge in [0.1, 0.15) is 0 Å². The van der Waals surface area contributed by atoms with Gasteiger partial charge in [-0.1, -0.05) is 25.6 Å². The smallest absolute Gasteiger partial charge is 0.00681 e. The second kappa shape index (κ2) is 3.29. The molecule has 0 heterocycles. The third-order valence-corrected chi connectivity index (χ3v) is 0.733. The molecule has 0 N–H and O–H groups in total. The molecule has 0 nitrogen and oxygen atoms in total. The van der Waals surface area contributed by atoms with Crippen molar-refractivity contribution in [1.82, 2.24) is 0 Å². The average Bonchev–Trinajstić information content (AvgIpc) is 1.35. The van der Waals surface area contributed by atoms with E-state index in [4.69, 9.17) is 0 Å². The fourth-order valence-corrected chi connectivity index (χ4v) is 0.483. The lowest BCUT2D eigenvalue weighted by Crippen LogP contribution is -1.81. The van der Waals surface area contributed by atoms with Crippen LogP contribution in [-0.4, -0.2) is 4.86 Å². The quantitative estimate of drug-likeness (QED) is 0.479. The maximum Gasteiger partial charge on any atom is -0.00681 e. The lowest BCUT2D eigenvalue weighted by Gasteiger charge is -1.84. The topological polar surface area (TPSA) is 0 Å². The van der Waals surface area contributed by atoms with Gasteiger partial charge in [-0.05, 0) is 18.2 Å². The van der Waals surface area contributed by atoms with Crippen LogP contribution < -0.4 is 0 Å². The highest BCUT2D eigenvalue weighted by molar-refractivity contribution is 7.80. The Labute approximate surface area is 44.6 Å². The Bertz CT molecular complexity index is 47.9. The fraction of sp³-hybridized carbons (Fsp3) is 0.600. The molecule has 0 spiro atoms. The van der Waals surface area contributed by atoms with Crippen molar-refractivity contribution in [3.05, 3.63) is 6.92 Å². The highest BCUT2D eigenvalue weighted by Crippen LogP contribution is 1.87. The first kappa shape index (κ1) is 6.09. The van der Waals surface area contributed by atoms with Crippen molar-refractivity contribution < 1.29 is 0 Å². The van der Waals surface area contributed by atoms with E-state index >= 15 is 0 Å². The average molecular weight is 101 g/mol. The van der Waals surface area contributed by atoms with E-state index in [2.05, 4.69) is 26.1 Å². The molecule has 35 valence electrons. The molecular weight excluding hydrogens is 92.1 g/mol. The molecule has 1 heteroatoms. The SMILES string of the molecule is [CH2]C(=S)CCC. The molecule has 0 aromatic carbocycles. The first-order chi connectivity index (χ1) is 2.77. The van der Waals surface area contributed by atoms with Crippen LogP contribution in [0.4, 0.5) is 0 Å². The van der Waals surface area contributed by atoms with E-state index in [1.807, 2.05) is 0 Å². The number of thiocarbonyl (C=S) groups is 1. The first-order valence-electron chi connectivity index (χ1n) is 2.12. The lowest BCUT2D eigenvalue weighted by molar-refractivity contribution is 1.01. The van der Waals surface area contributed by atoms with Crippen LogP contribution in [0.15, 0.2) is 0 Å². The normalized spacial score (nSPS) is 8.33. The molecule has 0 fully saturated rings. The minimum atomic E-state index is 0.873. The van der Waals surface area contributed by atoms with Gasteiger partial charge in [-0.2, -0.15) is 0 Å². The molecule has 0 aliphatic rings. The summed E-state index contributed by atoms with van der Waals surface area (Å²) >= 11 is 4.68. The summed E-state index contributed by atoms with van der Waals surface area (Å²) in [7, 11) is 0. The van der Waals surface area contributed by atoms with Crippen LogP contribution in [0, 0.1) is 6.92 Å². The maximum absolute atomic E-state index is 4.68. The Hall–Kier alpha value is 0.0900. The predicted octanol–water partition coefficient (Wildman–Crippen LogP) is 1.99. The molecule has 0 aromatic heterocycles. The third-order valence-electron chi connectivity index (χ3n) is 0.529.